The third-order valence-electron chi connectivity index (χ3n) is 4.32. The quantitative estimate of drug-likeness (QED) is 0.805. The van der Waals surface area contributed by atoms with Crippen molar-refractivity contribution in [3.8, 4) is 0 Å². The van der Waals surface area contributed by atoms with Gasteiger partial charge in [0.2, 0.25) is 5.89 Å². The van der Waals surface area contributed by atoms with Gasteiger partial charge >= 0.3 is 0 Å². The molecule has 2 aliphatic carbocycles. The normalized spacial score (nSPS) is 23.4. The number of nitrogens with zero attached hydrogens (tertiary/aromatic N) is 2. The van der Waals surface area contributed by atoms with Gasteiger partial charge in [-0.15, -0.1) is 0 Å². The Morgan fingerprint density at radius 2 is 1.67 bits per heavy atom. The summed E-state index contributed by atoms with van der Waals surface area (Å²) < 4.78 is 5.42. The molecule has 0 spiro atoms. The molecule has 1 heterocycles. The van der Waals surface area contributed by atoms with E-state index in [0.29, 0.717) is 30.5 Å². The van der Waals surface area contributed by atoms with Crippen LogP contribution in [0.4, 0.5) is 0 Å². The van der Waals surface area contributed by atoms with E-state index < -0.39 is 0 Å². The fourth-order valence-electron chi connectivity index (χ4n) is 3.13. The largest absolute Gasteiger partial charge is 0.339 e. The van der Waals surface area contributed by atoms with Gasteiger partial charge in [0.05, 0.1) is 0 Å². The fraction of sp³-hybridized carbons (Fsp3) is 0.786. The van der Waals surface area contributed by atoms with Crippen LogP contribution in [0, 0.1) is 0 Å². The minimum atomic E-state index is 0.313. The van der Waals surface area contributed by atoms with Crippen molar-refractivity contribution in [2.75, 3.05) is 0 Å². The molecular formula is C14H20N2O2. The van der Waals surface area contributed by atoms with Crippen molar-refractivity contribution in [3.63, 3.8) is 0 Å². The zero-order chi connectivity index (χ0) is 12.4. The standard InChI is InChI=1S/C14H20N2O2/c17-12-8-6-11(7-9-12)14-15-13(16-18-14)10-4-2-1-3-5-10/h10-11H,1-9H2. The molecule has 3 rings (SSSR count). The van der Waals surface area contributed by atoms with Crippen LogP contribution in [0.25, 0.3) is 0 Å². The lowest BCUT2D eigenvalue weighted by Crippen LogP contribution is -2.13. The number of hydrogen-bond acceptors (Lipinski definition) is 4. The Morgan fingerprint density at radius 3 is 2.39 bits per heavy atom. The van der Waals surface area contributed by atoms with E-state index in [9.17, 15) is 4.79 Å². The van der Waals surface area contributed by atoms with E-state index in [2.05, 4.69) is 10.1 Å². The Labute approximate surface area is 107 Å². The van der Waals surface area contributed by atoms with Crippen molar-refractivity contribution in [1.29, 1.82) is 0 Å². The first kappa shape index (κ1) is 11.9. The summed E-state index contributed by atoms with van der Waals surface area (Å²) in [5.74, 6) is 2.86. The minimum Gasteiger partial charge on any atom is -0.339 e. The van der Waals surface area contributed by atoms with Gasteiger partial charge in [-0.05, 0) is 25.7 Å². The summed E-state index contributed by atoms with van der Waals surface area (Å²) in [4.78, 5) is 15.8. The van der Waals surface area contributed by atoms with Gasteiger partial charge in [-0.1, -0.05) is 24.4 Å². The van der Waals surface area contributed by atoms with E-state index in [1.165, 1.54) is 32.1 Å². The first-order valence-corrected chi connectivity index (χ1v) is 7.18. The summed E-state index contributed by atoms with van der Waals surface area (Å²) in [5.41, 5.74) is 0. The van der Waals surface area contributed by atoms with Crippen LogP contribution in [0.15, 0.2) is 4.52 Å². The Bertz CT molecular complexity index is 411. The average molecular weight is 248 g/mol. The highest BCUT2D eigenvalue weighted by atomic mass is 16.5. The third kappa shape index (κ3) is 2.47. The number of hydrogen-bond donors (Lipinski definition) is 0. The number of Topliss-reactive ketones (excluding diaryl/α,β-unsaturated/α-hetero) is 1. The highest BCUT2D eigenvalue weighted by molar-refractivity contribution is 5.79. The predicted molar refractivity (Wildman–Crippen MR) is 66.3 cm³/mol. The van der Waals surface area contributed by atoms with Crippen LogP contribution in [0.5, 0.6) is 0 Å². The zero-order valence-electron chi connectivity index (χ0n) is 10.7. The van der Waals surface area contributed by atoms with Crippen molar-refractivity contribution < 1.29 is 9.32 Å². The molecule has 0 unspecified atom stereocenters. The summed E-state index contributed by atoms with van der Waals surface area (Å²) >= 11 is 0. The minimum absolute atomic E-state index is 0.313. The number of rotatable bonds is 2. The Morgan fingerprint density at radius 1 is 0.944 bits per heavy atom. The second-order valence-corrected chi connectivity index (χ2v) is 5.64. The second-order valence-electron chi connectivity index (χ2n) is 5.64. The topological polar surface area (TPSA) is 56.0 Å². The highest BCUT2D eigenvalue weighted by Crippen LogP contribution is 2.34. The molecule has 0 N–H and O–H groups in total. The molecule has 1 aromatic rings. The van der Waals surface area contributed by atoms with Crippen molar-refractivity contribution in [2.24, 2.45) is 0 Å². The Hall–Kier alpha value is -1.19. The lowest BCUT2D eigenvalue weighted by molar-refractivity contribution is -0.120. The summed E-state index contributed by atoms with van der Waals surface area (Å²) in [6, 6.07) is 0. The first-order chi connectivity index (χ1) is 8.83. The van der Waals surface area contributed by atoms with Crippen molar-refractivity contribution >= 4 is 5.78 Å². The number of ketones is 1. The molecule has 4 nitrogen and oxygen atoms in total. The first-order valence-electron chi connectivity index (χ1n) is 7.18. The molecule has 0 aromatic carbocycles. The van der Waals surface area contributed by atoms with Crippen LogP contribution >= 0.6 is 0 Å². The maximum atomic E-state index is 11.2. The molecule has 0 bridgehead atoms. The smallest absolute Gasteiger partial charge is 0.229 e. The van der Waals surface area contributed by atoms with E-state index in [-0.39, 0.29) is 0 Å². The van der Waals surface area contributed by atoms with Gasteiger partial charge in [-0.2, -0.15) is 4.98 Å². The summed E-state index contributed by atoms with van der Waals surface area (Å²) in [7, 11) is 0. The molecule has 0 atom stereocenters. The van der Waals surface area contributed by atoms with Crippen LogP contribution in [0.2, 0.25) is 0 Å². The van der Waals surface area contributed by atoms with Gasteiger partial charge in [0.25, 0.3) is 0 Å². The van der Waals surface area contributed by atoms with Crippen LogP contribution < -0.4 is 0 Å². The molecule has 0 amide bonds. The van der Waals surface area contributed by atoms with Crippen LogP contribution in [0.3, 0.4) is 0 Å². The van der Waals surface area contributed by atoms with Gasteiger partial charge in [-0.25, -0.2) is 0 Å². The second kappa shape index (κ2) is 5.21. The zero-order valence-corrected chi connectivity index (χ0v) is 10.7. The van der Waals surface area contributed by atoms with Gasteiger partial charge in [0.1, 0.15) is 5.78 Å². The molecule has 18 heavy (non-hydrogen) atoms. The predicted octanol–water partition coefficient (Wildman–Crippen LogP) is 3.34. The molecule has 2 saturated carbocycles. The van der Waals surface area contributed by atoms with Gasteiger partial charge in [0.15, 0.2) is 5.82 Å². The molecule has 98 valence electrons. The van der Waals surface area contributed by atoms with Gasteiger partial charge in [0, 0.05) is 24.7 Å². The van der Waals surface area contributed by atoms with Crippen molar-refractivity contribution in [3.05, 3.63) is 11.7 Å². The molecule has 1 aromatic heterocycles. The summed E-state index contributed by atoms with van der Waals surface area (Å²) in [5, 5.41) is 4.16. The van der Waals surface area contributed by atoms with Crippen molar-refractivity contribution in [2.45, 2.75) is 69.6 Å². The molecular weight excluding hydrogens is 228 g/mol. The molecule has 0 saturated heterocycles. The maximum absolute atomic E-state index is 11.2. The number of carbonyl (C=O) groups excluding carboxylic acids is 1. The average Bonchev–Trinajstić information content (AvgIpc) is 2.90. The van der Waals surface area contributed by atoms with E-state index in [1.807, 2.05) is 0 Å². The molecule has 0 aliphatic heterocycles. The number of carbonyl (C=O) groups is 1. The van der Waals surface area contributed by atoms with Crippen LogP contribution in [0.1, 0.15) is 81.3 Å². The van der Waals surface area contributed by atoms with Crippen LogP contribution in [-0.4, -0.2) is 15.9 Å². The molecule has 4 heteroatoms. The lowest BCUT2D eigenvalue weighted by atomic mass is 9.87. The lowest BCUT2D eigenvalue weighted by Gasteiger charge is -2.18. The maximum Gasteiger partial charge on any atom is 0.229 e. The SMILES string of the molecule is O=C1CCC(c2nc(C3CCCCC3)no2)CC1. The van der Waals surface area contributed by atoms with E-state index >= 15 is 0 Å². The molecule has 2 aliphatic rings. The van der Waals surface area contributed by atoms with Gasteiger partial charge in [-0.3, -0.25) is 4.79 Å². The Balaban J connectivity index is 1.67. The fourth-order valence-corrected chi connectivity index (χ4v) is 3.13. The third-order valence-corrected chi connectivity index (χ3v) is 4.32. The number of aromatic nitrogens is 2. The van der Waals surface area contributed by atoms with Crippen LogP contribution in [-0.2, 0) is 4.79 Å². The van der Waals surface area contributed by atoms with Crippen molar-refractivity contribution in [1.82, 2.24) is 10.1 Å². The Kier molecular flexibility index (Phi) is 3.43. The highest BCUT2D eigenvalue weighted by Gasteiger charge is 2.27. The van der Waals surface area contributed by atoms with E-state index in [1.54, 1.807) is 0 Å². The molecule has 2 fully saturated rings. The monoisotopic (exact) mass is 248 g/mol. The van der Waals surface area contributed by atoms with Gasteiger partial charge < -0.3 is 4.52 Å². The summed E-state index contributed by atoms with van der Waals surface area (Å²) in [6.07, 6.45) is 9.41. The van der Waals surface area contributed by atoms with E-state index in [4.69, 9.17) is 4.52 Å². The molecule has 0 radical (unpaired) electrons. The summed E-state index contributed by atoms with van der Waals surface area (Å²) in [6.45, 7) is 0. The van der Waals surface area contributed by atoms with E-state index in [0.717, 1.165) is 24.6 Å².